The number of guanidine groups is 1. The van der Waals surface area contributed by atoms with E-state index in [-0.39, 0.29) is 5.41 Å². The van der Waals surface area contributed by atoms with Crippen LogP contribution >= 0.6 is 0 Å². The first kappa shape index (κ1) is 19.0. The van der Waals surface area contributed by atoms with Crippen LogP contribution in [0.4, 0.5) is 0 Å². The molecule has 2 saturated heterocycles. The normalized spacial score (nSPS) is 35.1. The predicted molar refractivity (Wildman–Crippen MR) is 104 cm³/mol. The number of rotatable bonds is 6. The van der Waals surface area contributed by atoms with Crippen molar-refractivity contribution in [3.8, 4) is 0 Å². The van der Waals surface area contributed by atoms with Gasteiger partial charge >= 0.3 is 0 Å². The summed E-state index contributed by atoms with van der Waals surface area (Å²) in [5.74, 6) is 1.63. The Morgan fingerprint density at radius 3 is 2.88 bits per heavy atom. The molecule has 5 nitrogen and oxygen atoms in total. The van der Waals surface area contributed by atoms with Crippen molar-refractivity contribution in [3.05, 3.63) is 0 Å². The molecule has 0 amide bonds. The lowest BCUT2D eigenvalue weighted by molar-refractivity contribution is -0.106. The third kappa shape index (κ3) is 4.13. The van der Waals surface area contributed by atoms with Crippen molar-refractivity contribution in [2.75, 3.05) is 32.8 Å². The molecule has 0 aromatic carbocycles. The van der Waals surface area contributed by atoms with Crippen LogP contribution in [-0.2, 0) is 4.74 Å². The van der Waals surface area contributed by atoms with E-state index in [9.17, 15) is 0 Å². The molecule has 144 valence electrons. The minimum Gasteiger partial charge on any atom is -0.377 e. The van der Waals surface area contributed by atoms with Gasteiger partial charge in [0.25, 0.3) is 0 Å². The van der Waals surface area contributed by atoms with Crippen molar-refractivity contribution in [2.45, 2.75) is 78.0 Å². The molecule has 3 aliphatic rings. The van der Waals surface area contributed by atoms with Gasteiger partial charge in [-0.2, -0.15) is 0 Å². The number of piperidine rings is 1. The molecule has 0 spiro atoms. The van der Waals surface area contributed by atoms with Crippen LogP contribution in [0.25, 0.3) is 0 Å². The quantitative estimate of drug-likeness (QED) is 0.439. The number of nitrogens with zero attached hydrogens (tertiary/aromatic N) is 2. The molecule has 1 aliphatic carbocycles. The first-order valence-corrected chi connectivity index (χ1v) is 10.4. The highest BCUT2D eigenvalue weighted by Gasteiger charge is 2.59. The standard InChI is InChI=1S/C20H38N4O/c1-5-21-19(22-11-8-13-24-12-7-6-9-15(24)2)23-17-16-10-14-25-18(16)20(17,3)4/h15-18H,5-14H2,1-4H3,(H2,21,22,23). The fraction of sp³-hybridized carbons (Fsp3) is 0.950. The second kappa shape index (κ2) is 8.26. The van der Waals surface area contributed by atoms with Crippen LogP contribution in [0.3, 0.4) is 0 Å². The molecule has 0 aromatic heterocycles. The Hall–Kier alpha value is -0.810. The number of ether oxygens (including phenoxy) is 1. The van der Waals surface area contributed by atoms with Crippen molar-refractivity contribution in [1.82, 2.24) is 15.5 Å². The van der Waals surface area contributed by atoms with Gasteiger partial charge in [0.2, 0.25) is 0 Å². The minimum absolute atomic E-state index is 0.195. The van der Waals surface area contributed by atoms with Gasteiger partial charge in [0.15, 0.2) is 5.96 Å². The van der Waals surface area contributed by atoms with Crippen LogP contribution in [0.2, 0.25) is 0 Å². The van der Waals surface area contributed by atoms with Crippen molar-refractivity contribution in [1.29, 1.82) is 0 Å². The van der Waals surface area contributed by atoms with Gasteiger partial charge in [-0.25, -0.2) is 0 Å². The molecule has 5 heteroatoms. The van der Waals surface area contributed by atoms with Crippen molar-refractivity contribution < 1.29 is 4.74 Å². The van der Waals surface area contributed by atoms with E-state index in [0.29, 0.717) is 18.1 Å². The van der Waals surface area contributed by atoms with E-state index < -0.39 is 0 Å². The van der Waals surface area contributed by atoms with E-state index in [0.717, 1.165) is 38.1 Å². The van der Waals surface area contributed by atoms with Crippen LogP contribution in [0.1, 0.15) is 59.8 Å². The smallest absolute Gasteiger partial charge is 0.191 e. The Morgan fingerprint density at radius 2 is 2.12 bits per heavy atom. The summed E-state index contributed by atoms with van der Waals surface area (Å²) >= 11 is 0. The molecule has 0 bridgehead atoms. The molecule has 2 heterocycles. The van der Waals surface area contributed by atoms with Crippen LogP contribution < -0.4 is 10.6 Å². The summed E-state index contributed by atoms with van der Waals surface area (Å²) in [5.41, 5.74) is 0.195. The van der Waals surface area contributed by atoms with Crippen LogP contribution in [-0.4, -0.2) is 61.8 Å². The summed E-state index contributed by atoms with van der Waals surface area (Å²) in [6.45, 7) is 14.3. The van der Waals surface area contributed by atoms with E-state index in [1.165, 1.54) is 38.8 Å². The van der Waals surface area contributed by atoms with Gasteiger partial charge in [-0.05, 0) is 46.1 Å². The molecule has 2 aliphatic heterocycles. The van der Waals surface area contributed by atoms with Crippen LogP contribution in [0.5, 0.6) is 0 Å². The maximum absolute atomic E-state index is 5.91. The summed E-state index contributed by atoms with van der Waals surface area (Å²) in [6.07, 6.45) is 6.86. The average molecular weight is 351 g/mol. The Labute approximate surface area is 154 Å². The van der Waals surface area contributed by atoms with Crippen molar-refractivity contribution in [2.24, 2.45) is 16.3 Å². The SMILES string of the molecule is CCNC(=NCCCN1CCCCC1C)NC1C2CCOC2C1(C)C. The number of hydrogen-bond donors (Lipinski definition) is 2. The summed E-state index contributed by atoms with van der Waals surface area (Å²) in [4.78, 5) is 7.49. The van der Waals surface area contributed by atoms with Gasteiger partial charge in [0.05, 0.1) is 6.10 Å². The third-order valence-corrected chi connectivity index (χ3v) is 6.55. The molecular weight excluding hydrogens is 312 g/mol. The molecule has 3 fully saturated rings. The molecule has 1 saturated carbocycles. The van der Waals surface area contributed by atoms with Crippen LogP contribution in [0, 0.1) is 11.3 Å². The highest BCUT2D eigenvalue weighted by molar-refractivity contribution is 5.80. The molecule has 0 aromatic rings. The van der Waals surface area contributed by atoms with E-state index in [1.54, 1.807) is 0 Å². The first-order chi connectivity index (χ1) is 12.0. The van der Waals surface area contributed by atoms with E-state index in [1.807, 2.05) is 0 Å². The number of fused-ring (bicyclic) bond motifs is 1. The van der Waals surface area contributed by atoms with E-state index >= 15 is 0 Å². The topological polar surface area (TPSA) is 48.9 Å². The molecule has 25 heavy (non-hydrogen) atoms. The summed E-state index contributed by atoms with van der Waals surface area (Å²) in [7, 11) is 0. The van der Waals surface area contributed by atoms with E-state index in [2.05, 4.69) is 43.2 Å². The Balaban J connectivity index is 1.48. The van der Waals surface area contributed by atoms with Gasteiger partial charge in [0, 0.05) is 49.7 Å². The highest BCUT2D eigenvalue weighted by atomic mass is 16.5. The molecule has 3 rings (SSSR count). The summed E-state index contributed by atoms with van der Waals surface area (Å²) < 4.78 is 5.91. The van der Waals surface area contributed by atoms with Gasteiger partial charge in [0.1, 0.15) is 0 Å². The molecule has 2 N–H and O–H groups in total. The fourth-order valence-electron chi connectivity index (χ4n) is 5.04. The Morgan fingerprint density at radius 1 is 1.28 bits per heavy atom. The molecule has 4 unspecified atom stereocenters. The summed E-state index contributed by atoms with van der Waals surface area (Å²) in [5, 5.41) is 7.14. The van der Waals surface area contributed by atoms with Gasteiger partial charge in [-0.15, -0.1) is 0 Å². The zero-order valence-corrected chi connectivity index (χ0v) is 16.7. The number of nitrogens with one attached hydrogen (secondary N) is 2. The Kier molecular flexibility index (Phi) is 6.26. The number of aliphatic imine (C=N–C) groups is 1. The fourth-order valence-corrected chi connectivity index (χ4v) is 5.04. The van der Waals surface area contributed by atoms with E-state index in [4.69, 9.17) is 9.73 Å². The number of hydrogen-bond acceptors (Lipinski definition) is 3. The predicted octanol–water partition coefficient (Wildman–Crippen LogP) is 2.62. The maximum Gasteiger partial charge on any atom is 0.191 e. The van der Waals surface area contributed by atoms with Gasteiger partial charge < -0.3 is 20.3 Å². The van der Waals surface area contributed by atoms with Gasteiger partial charge in [-0.1, -0.05) is 20.3 Å². The average Bonchev–Trinajstić information content (AvgIpc) is 3.05. The lowest BCUT2D eigenvalue weighted by Crippen LogP contribution is -2.68. The lowest BCUT2D eigenvalue weighted by atomic mass is 9.57. The maximum atomic E-state index is 5.91. The monoisotopic (exact) mass is 350 g/mol. The van der Waals surface area contributed by atoms with Crippen molar-refractivity contribution >= 4 is 5.96 Å². The highest BCUT2D eigenvalue weighted by Crippen LogP contribution is 2.52. The zero-order valence-electron chi connectivity index (χ0n) is 16.7. The number of likely N-dealkylation sites (tertiary alicyclic amines) is 1. The summed E-state index contributed by atoms with van der Waals surface area (Å²) in [6, 6.07) is 1.22. The Bertz CT molecular complexity index is 465. The first-order valence-electron chi connectivity index (χ1n) is 10.4. The lowest BCUT2D eigenvalue weighted by Gasteiger charge is -2.54. The minimum atomic E-state index is 0.195. The second-order valence-electron chi connectivity index (χ2n) is 8.68. The largest absolute Gasteiger partial charge is 0.377 e. The zero-order chi connectivity index (χ0) is 17.9. The second-order valence-corrected chi connectivity index (χ2v) is 8.68. The van der Waals surface area contributed by atoms with Crippen molar-refractivity contribution in [3.63, 3.8) is 0 Å². The third-order valence-electron chi connectivity index (χ3n) is 6.55. The van der Waals surface area contributed by atoms with Gasteiger partial charge in [-0.3, -0.25) is 4.99 Å². The molecular formula is C20H38N4O. The molecule has 4 atom stereocenters. The van der Waals surface area contributed by atoms with Crippen LogP contribution in [0.15, 0.2) is 4.99 Å². The molecule has 0 radical (unpaired) electrons.